The molecule has 0 saturated carbocycles. The van der Waals surface area contributed by atoms with Crippen LogP contribution in [0.1, 0.15) is 28.3 Å². The Kier molecular flexibility index (Phi) is 6.10. The van der Waals surface area contributed by atoms with E-state index in [0.717, 1.165) is 0 Å². The first-order chi connectivity index (χ1) is 13.3. The molecule has 0 radical (unpaired) electrons. The molecule has 2 amide bonds. The van der Waals surface area contributed by atoms with Gasteiger partial charge in [-0.3, -0.25) is 4.79 Å². The number of rotatable bonds is 3. The monoisotopic (exact) mass is 424 g/mol. The van der Waals surface area contributed by atoms with Crippen molar-refractivity contribution in [2.24, 2.45) is 0 Å². The molecule has 148 valence electrons. The molecule has 3 rings (SSSR count). The van der Waals surface area contributed by atoms with Crippen LogP contribution < -0.4 is 0 Å². The highest BCUT2D eigenvalue weighted by molar-refractivity contribution is 6.31. The zero-order valence-corrected chi connectivity index (χ0v) is 16.6. The first-order valence-corrected chi connectivity index (χ1v) is 9.49. The fourth-order valence-corrected chi connectivity index (χ4v) is 3.91. The minimum Gasteiger partial charge on any atom is -0.465 e. The molecular formula is C20H19Cl2FN2O3. The van der Waals surface area contributed by atoms with Gasteiger partial charge in [-0.05, 0) is 48.4 Å². The summed E-state index contributed by atoms with van der Waals surface area (Å²) in [5.41, 5.74) is 1.18. The van der Waals surface area contributed by atoms with Crippen molar-refractivity contribution in [2.45, 2.75) is 18.4 Å². The maximum Gasteiger partial charge on any atom is 0.407 e. The predicted octanol–water partition coefficient (Wildman–Crippen LogP) is 4.74. The summed E-state index contributed by atoms with van der Waals surface area (Å²) >= 11 is 11.8. The second-order valence-corrected chi connectivity index (χ2v) is 7.63. The first-order valence-electron chi connectivity index (χ1n) is 8.73. The molecular weight excluding hydrogens is 406 g/mol. The lowest BCUT2D eigenvalue weighted by Crippen LogP contribution is -2.51. The minimum absolute atomic E-state index is 0.0321. The standard InChI is InChI=1S/C20H19Cl2FN2O3/c1-24(19(26)12-2-5-14(21)6-3-12)18-8-9-25(20(27)28)11-15(18)13-4-7-17(23)16(22)10-13/h2-7,10,15,18H,8-9,11H2,1H3,(H,27,28)/t15-,18+/m0/s1. The van der Waals surface area contributed by atoms with Gasteiger partial charge in [0.1, 0.15) is 5.82 Å². The van der Waals surface area contributed by atoms with E-state index in [4.69, 9.17) is 23.2 Å². The second kappa shape index (κ2) is 8.37. The van der Waals surface area contributed by atoms with E-state index in [9.17, 15) is 19.1 Å². The van der Waals surface area contributed by atoms with Crippen molar-refractivity contribution in [3.8, 4) is 0 Å². The first kappa shape index (κ1) is 20.4. The average Bonchev–Trinajstić information content (AvgIpc) is 2.69. The SMILES string of the molecule is CN(C(=O)c1ccc(Cl)cc1)[C@@H]1CCN(C(=O)O)C[C@H]1c1ccc(F)c(Cl)c1. The number of carbonyl (C=O) groups is 2. The number of likely N-dealkylation sites (N-methyl/N-ethyl adjacent to an activating group) is 1. The summed E-state index contributed by atoms with van der Waals surface area (Å²) in [4.78, 5) is 27.3. The van der Waals surface area contributed by atoms with Crippen molar-refractivity contribution >= 4 is 35.2 Å². The topological polar surface area (TPSA) is 60.9 Å². The van der Waals surface area contributed by atoms with Crippen LogP contribution in [0, 0.1) is 5.82 Å². The van der Waals surface area contributed by atoms with Crippen LogP contribution in [0.4, 0.5) is 9.18 Å². The third-order valence-corrected chi connectivity index (χ3v) is 5.67. The molecule has 1 aliphatic heterocycles. The van der Waals surface area contributed by atoms with Crippen LogP contribution in [0.5, 0.6) is 0 Å². The fraction of sp³-hybridized carbons (Fsp3) is 0.300. The molecule has 1 fully saturated rings. The smallest absolute Gasteiger partial charge is 0.407 e. The van der Waals surface area contributed by atoms with E-state index in [1.54, 1.807) is 42.3 Å². The fourth-order valence-electron chi connectivity index (χ4n) is 3.59. The quantitative estimate of drug-likeness (QED) is 0.773. The molecule has 1 saturated heterocycles. The Morgan fingerprint density at radius 3 is 2.46 bits per heavy atom. The highest BCUT2D eigenvalue weighted by Gasteiger charge is 2.37. The number of likely N-dealkylation sites (tertiary alicyclic amines) is 1. The Balaban J connectivity index is 1.91. The Hall–Kier alpha value is -2.31. The zero-order valence-electron chi connectivity index (χ0n) is 15.1. The van der Waals surface area contributed by atoms with Gasteiger partial charge in [0.2, 0.25) is 0 Å². The van der Waals surface area contributed by atoms with Crippen LogP contribution >= 0.6 is 23.2 Å². The third-order valence-electron chi connectivity index (χ3n) is 5.13. The number of carboxylic acid groups (broad SMARTS) is 1. The highest BCUT2D eigenvalue weighted by Crippen LogP contribution is 2.33. The lowest BCUT2D eigenvalue weighted by molar-refractivity contribution is 0.0590. The molecule has 0 aliphatic carbocycles. The van der Waals surface area contributed by atoms with Gasteiger partial charge in [-0.2, -0.15) is 0 Å². The van der Waals surface area contributed by atoms with Crippen molar-refractivity contribution in [1.29, 1.82) is 0 Å². The number of benzene rings is 2. The van der Waals surface area contributed by atoms with Crippen molar-refractivity contribution in [3.63, 3.8) is 0 Å². The van der Waals surface area contributed by atoms with Crippen LogP contribution in [0.3, 0.4) is 0 Å². The molecule has 0 bridgehead atoms. The number of nitrogens with zero attached hydrogens (tertiary/aromatic N) is 2. The number of hydrogen-bond donors (Lipinski definition) is 1. The Bertz CT molecular complexity index is 892. The van der Waals surface area contributed by atoms with E-state index in [1.807, 2.05) is 0 Å². The Labute approximate surface area is 172 Å². The molecule has 0 spiro atoms. The van der Waals surface area contributed by atoms with Gasteiger partial charge >= 0.3 is 6.09 Å². The zero-order chi connectivity index (χ0) is 20.4. The summed E-state index contributed by atoms with van der Waals surface area (Å²) in [5, 5.41) is 9.89. The molecule has 1 N–H and O–H groups in total. The summed E-state index contributed by atoms with van der Waals surface area (Å²) in [7, 11) is 1.69. The van der Waals surface area contributed by atoms with Crippen LogP contribution in [0.15, 0.2) is 42.5 Å². The molecule has 8 heteroatoms. The van der Waals surface area contributed by atoms with Crippen molar-refractivity contribution in [1.82, 2.24) is 9.80 Å². The summed E-state index contributed by atoms with van der Waals surface area (Å²) in [6.07, 6.45) is -0.565. The van der Waals surface area contributed by atoms with Gasteiger partial charge in [0.05, 0.1) is 5.02 Å². The van der Waals surface area contributed by atoms with E-state index < -0.39 is 11.9 Å². The third kappa shape index (κ3) is 4.23. The minimum atomic E-state index is -1.02. The van der Waals surface area contributed by atoms with Crippen LogP contribution in [0.25, 0.3) is 0 Å². The lowest BCUT2D eigenvalue weighted by atomic mass is 9.85. The van der Waals surface area contributed by atoms with Gasteiger partial charge in [0.25, 0.3) is 5.91 Å². The molecule has 1 aliphatic rings. The molecule has 2 aromatic carbocycles. The van der Waals surface area contributed by atoms with Gasteiger partial charge in [-0.1, -0.05) is 29.3 Å². The van der Waals surface area contributed by atoms with Gasteiger partial charge in [-0.25, -0.2) is 9.18 Å². The molecule has 28 heavy (non-hydrogen) atoms. The predicted molar refractivity (Wildman–Crippen MR) is 106 cm³/mol. The second-order valence-electron chi connectivity index (χ2n) is 6.79. The molecule has 2 aromatic rings. The van der Waals surface area contributed by atoms with E-state index >= 15 is 0 Å². The van der Waals surface area contributed by atoms with Crippen molar-refractivity contribution < 1.29 is 19.1 Å². The van der Waals surface area contributed by atoms with E-state index in [-0.39, 0.29) is 29.4 Å². The average molecular weight is 425 g/mol. The van der Waals surface area contributed by atoms with E-state index in [0.29, 0.717) is 29.1 Å². The van der Waals surface area contributed by atoms with E-state index in [1.165, 1.54) is 17.0 Å². The Morgan fingerprint density at radius 2 is 1.86 bits per heavy atom. The maximum absolute atomic E-state index is 13.6. The number of hydrogen-bond acceptors (Lipinski definition) is 2. The molecule has 0 unspecified atom stereocenters. The summed E-state index contributed by atoms with van der Waals surface area (Å²) < 4.78 is 13.6. The van der Waals surface area contributed by atoms with E-state index in [2.05, 4.69) is 0 Å². The van der Waals surface area contributed by atoms with Crippen LogP contribution in [-0.2, 0) is 0 Å². The summed E-state index contributed by atoms with van der Waals surface area (Å²) in [5.74, 6) is -1.06. The largest absolute Gasteiger partial charge is 0.465 e. The summed E-state index contributed by atoms with van der Waals surface area (Å²) in [6, 6.07) is 10.7. The number of piperidine rings is 1. The molecule has 2 atom stereocenters. The molecule has 1 heterocycles. The number of carbonyl (C=O) groups excluding carboxylic acids is 1. The van der Waals surface area contributed by atoms with Crippen LogP contribution in [0.2, 0.25) is 10.0 Å². The van der Waals surface area contributed by atoms with Crippen molar-refractivity contribution in [3.05, 3.63) is 69.5 Å². The van der Waals surface area contributed by atoms with Crippen LogP contribution in [-0.4, -0.2) is 53.1 Å². The molecule has 5 nitrogen and oxygen atoms in total. The normalized spacial score (nSPS) is 19.4. The van der Waals surface area contributed by atoms with Gasteiger partial charge < -0.3 is 14.9 Å². The number of amides is 2. The lowest BCUT2D eigenvalue weighted by Gasteiger charge is -2.42. The number of halogens is 3. The van der Waals surface area contributed by atoms with Gasteiger partial charge in [0.15, 0.2) is 0 Å². The molecule has 0 aromatic heterocycles. The Morgan fingerprint density at radius 1 is 1.18 bits per heavy atom. The maximum atomic E-state index is 13.6. The summed E-state index contributed by atoms with van der Waals surface area (Å²) in [6.45, 7) is 0.504. The van der Waals surface area contributed by atoms with Gasteiger partial charge in [0, 0.05) is 42.7 Å². The van der Waals surface area contributed by atoms with Gasteiger partial charge in [-0.15, -0.1) is 0 Å². The highest BCUT2D eigenvalue weighted by atomic mass is 35.5. The van der Waals surface area contributed by atoms with Crippen molar-refractivity contribution in [2.75, 3.05) is 20.1 Å².